The molecule has 0 bridgehead atoms. The van der Waals surface area contributed by atoms with Crippen LogP contribution in [0, 0.1) is 0 Å². The van der Waals surface area contributed by atoms with Crippen LogP contribution in [0.5, 0.6) is 0 Å². The molecular weight excluding hydrogens is 184 g/mol. The van der Waals surface area contributed by atoms with Gasteiger partial charge in [0.15, 0.2) is 0 Å². The maximum Gasteiger partial charge on any atom is 0.0710 e. The van der Waals surface area contributed by atoms with Crippen molar-refractivity contribution in [2.45, 2.75) is 65.7 Å². The summed E-state index contributed by atoms with van der Waals surface area (Å²) >= 11 is 0. The number of aromatic amines is 1. The lowest BCUT2D eigenvalue weighted by Gasteiger charge is -2.21. The highest BCUT2D eigenvalue weighted by atomic mass is 15.1. The molecule has 0 aliphatic carbocycles. The van der Waals surface area contributed by atoms with E-state index >= 15 is 0 Å². The molecule has 0 radical (unpaired) electrons. The first kappa shape index (κ1) is 12.3. The largest absolute Gasteiger partial charge is 0.281 e. The molecule has 1 N–H and O–H groups in total. The minimum atomic E-state index is 0.130. The molecular formula is C13H24N2. The highest BCUT2D eigenvalue weighted by molar-refractivity contribution is 5.34. The van der Waals surface area contributed by atoms with Crippen LogP contribution in [-0.2, 0) is 17.3 Å². The first-order valence-corrected chi connectivity index (χ1v) is 5.76. The normalized spacial score (nSPS) is 13.3. The van der Waals surface area contributed by atoms with Gasteiger partial charge < -0.3 is 0 Å². The quantitative estimate of drug-likeness (QED) is 0.751. The minimum absolute atomic E-state index is 0.130. The Bertz CT molecular complexity index is 303. The summed E-state index contributed by atoms with van der Waals surface area (Å²) < 4.78 is 0. The van der Waals surface area contributed by atoms with E-state index in [1.165, 1.54) is 17.0 Å². The molecule has 0 saturated carbocycles. The van der Waals surface area contributed by atoms with Gasteiger partial charge in [0.05, 0.1) is 5.69 Å². The van der Waals surface area contributed by atoms with Crippen molar-refractivity contribution in [2.75, 3.05) is 0 Å². The Balaban J connectivity index is 3.30. The van der Waals surface area contributed by atoms with Crippen molar-refractivity contribution < 1.29 is 0 Å². The van der Waals surface area contributed by atoms with Gasteiger partial charge in [0.25, 0.3) is 0 Å². The van der Waals surface area contributed by atoms with Crippen LogP contribution >= 0.6 is 0 Å². The van der Waals surface area contributed by atoms with Crippen LogP contribution in [0.4, 0.5) is 0 Å². The molecule has 0 amide bonds. The zero-order valence-electron chi connectivity index (χ0n) is 11.2. The molecule has 1 heterocycles. The Morgan fingerprint density at radius 2 is 1.53 bits per heavy atom. The Labute approximate surface area is 93.5 Å². The molecule has 0 spiro atoms. The summed E-state index contributed by atoms with van der Waals surface area (Å²) in [7, 11) is 0. The smallest absolute Gasteiger partial charge is 0.0710 e. The number of aromatic nitrogens is 2. The lowest BCUT2D eigenvalue weighted by Crippen LogP contribution is -2.17. The number of hydrogen-bond donors (Lipinski definition) is 1. The van der Waals surface area contributed by atoms with Crippen molar-refractivity contribution in [3.8, 4) is 0 Å². The fourth-order valence-electron chi connectivity index (χ4n) is 1.95. The number of H-pyrrole nitrogens is 1. The van der Waals surface area contributed by atoms with Crippen LogP contribution in [-0.4, -0.2) is 10.2 Å². The lowest BCUT2D eigenvalue weighted by atomic mass is 9.83. The van der Waals surface area contributed by atoms with Gasteiger partial charge in [-0.2, -0.15) is 5.10 Å². The van der Waals surface area contributed by atoms with Crippen LogP contribution in [0.3, 0.4) is 0 Å². The number of hydrogen-bond acceptors (Lipinski definition) is 1. The van der Waals surface area contributed by atoms with E-state index in [1.54, 1.807) is 0 Å². The number of rotatable bonds is 1. The zero-order chi connectivity index (χ0) is 11.9. The summed E-state index contributed by atoms with van der Waals surface area (Å²) in [6.45, 7) is 15.5. The van der Waals surface area contributed by atoms with Gasteiger partial charge in [-0.25, -0.2) is 0 Å². The van der Waals surface area contributed by atoms with Gasteiger partial charge in [0, 0.05) is 16.5 Å². The van der Waals surface area contributed by atoms with Crippen molar-refractivity contribution in [3.05, 3.63) is 17.0 Å². The van der Waals surface area contributed by atoms with E-state index in [4.69, 9.17) is 0 Å². The summed E-state index contributed by atoms with van der Waals surface area (Å²) in [6, 6.07) is 0. The molecule has 2 nitrogen and oxygen atoms in total. The molecule has 2 heteroatoms. The molecule has 0 atom stereocenters. The molecule has 0 saturated heterocycles. The van der Waals surface area contributed by atoms with E-state index in [1.807, 2.05) is 0 Å². The molecule has 1 aromatic heterocycles. The maximum atomic E-state index is 4.50. The van der Waals surface area contributed by atoms with Gasteiger partial charge in [0.2, 0.25) is 0 Å². The van der Waals surface area contributed by atoms with Crippen molar-refractivity contribution in [2.24, 2.45) is 0 Å². The van der Waals surface area contributed by atoms with Crippen LogP contribution < -0.4 is 0 Å². The van der Waals surface area contributed by atoms with Crippen LogP contribution in [0.2, 0.25) is 0 Å². The predicted octanol–water partition coefficient (Wildman–Crippen LogP) is 3.57. The summed E-state index contributed by atoms with van der Waals surface area (Å²) in [6.07, 6.45) is 1.05. The molecule has 0 aromatic carbocycles. The van der Waals surface area contributed by atoms with E-state index in [0.717, 1.165) is 6.42 Å². The molecule has 0 aliphatic heterocycles. The van der Waals surface area contributed by atoms with Gasteiger partial charge in [-0.1, -0.05) is 48.5 Å². The summed E-state index contributed by atoms with van der Waals surface area (Å²) in [5.74, 6) is 0. The topological polar surface area (TPSA) is 28.7 Å². The second-order valence-corrected chi connectivity index (χ2v) is 6.28. The Morgan fingerprint density at radius 1 is 1.00 bits per heavy atom. The predicted molar refractivity (Wildman–Crippen MR) is 65.4 cm³/mol. The highest BCUT2D eigenvalue weighted by Gasteiger charge is 2.27. The first-order valence-electron chi connectivity index (χ1n) is 5.76. The monoisotopic (exact) mass is 208 g/mol. The van der Waals surface area contributed by atoms with E-state index in [0.29, 0.717) is 0 Å². The van der Waals surface area contributed by atoms with Gasteiger partial charge in [-0.15, -0.1) is 0 Å². The van der Waals surface area contributed by atoms with Crippen molar-refractivity contribution in [3.63, 3.8) is 0 Å². The van der Waals surface area contributed by atoms with Crippen molar-refractivity contribution in [1.29, 1.82) is 0 Å². The van der Waals surface area contributed by atoms with Crippen molar-refractivity contribution >= 4 is 0 Å². The maximum absolute atomic E-state index is 4.50. The van der Waals surface area contributed by atoms with Gasteiger partial charge in [-0.3, -0.25) is 5.10 Å². The summed E-state index contributed by atoms with van der Waals surface area (Å²) in [4.78, 5) is 0. The van der Waals surface area contributed by atoms with Crippen molar-refractivity contribution in [1.82, 2.24) is 10.2 Å². The standard InChI is InChI=1S/C13H24N2/c1-8-9-10(12(2,3)4)14-15-11(9)13(5,6)7/h8H2,1-7H3,(H,14,15). The molecule has 0 fully saturated rings. The number of nitrogens with zero attached hydrogens (tertiary/aromatic N) is 1. The molecule has 0 aliphatic rings. The fourth-order valence-corrected chi connectivity index (χ4v) is 1.95. The number of nitrogens with one attached hydrogen (secondary N) is 1. The first-order chi connectivity index (χ1) is 6.68. The Morgan fingerprint density at radius 3 is 1.87 bits per heavy atom. The summed E-state index contributed by atoms with van der Waals surface area (Å²) in [5, 5.41) is 7.72. The van der Waals surface area contributed by atoms with Gasteiger partial charge >= 0.3 is 0 Å². The zero-order valence-corrected chi connectivity index (χ0v) is 11.2. The highest BCUT2D eigenvalue weighted by Crippen LogP contribution is 2.31. The average Bonchev–Trinajstić information content (AvgIpc) is 2.43. The van der Waals surface area contributed by atoms with E-state index in [9.17, 15) is 0 Å². The Hall–Kier alpha value is -0.790. The Kier molecular flexibility index (Phi) is 2.99. The van der Waals surface area contributed by atoms with Crippen LogP contribution in [0.25, 0.3) is 0 Å². The minimum Gasteiger partial charge on any atom is -0.281 e. The van der Waals surface area contributed by atoms with E-state index in [2.05, 4.69) is 58.7 Å². The molecule has 0 unspecified atom stereocenters. The third-order valence-corrected chi connectivity index (χ3v) is 2.68. The third-order valence-electron chi connectivity index (χ3n) is 2.68. The van der Waals surface area contributed by atoms with Gasteiger partial charge in [0.1, 0.15) is 0 Å². The second-order valence-electron chi connectivity index (χ2n) is 6.28. The fraction of sp³-hybridized carbons (Fsp3) is 0.769. The molecule has 15 heavy (non-hydrogen) atoms. The summed E-state index contributed by atoms with van der Waals surface area (Å²) in [5.41, 5.74) is 4.19. The van der Waals surface area contributed by atoms with Crippen LogP contribution in [0.15, 0.2) is 0 Å². The molecule has 1 aromatic rings. The van der Waals surface area contributed by atoms with Gasteiger partial charge in [-0.05, 0) is 12.0 Å². The molecule has 1 rings (SSSR count). The average molecular weight is 208 g/mol. The lowest BCUT2D eigenvalue weighted by molar-refractivity contribution is 0.558. The SMILES string of the molecule is CCc1c(C(C)(C)C)n[nH]c1C(C)(C)C. The molecule has 86 valence electrons. The van der Waals surface area contributed by atoms with E-state index < -0.39 is 0 Å². The van der Waals surface area contributed by atoms with Crippen LogP contribution in [0.1, 0.15) is 65.4 Å². The van der Waals surface area contributed by atoms with E-state index in [-0.39, 0.29) is 10.8 Å². The second kappa shape index (κ2) is 3.66. The third kappa shape index (κ3) is 2.42.